The molecule has 1 aliphatic rings. The molecule has 0 aliphatic carbocycles. The van der Waals surface area contributed by atoms with E-state index in [0.717, 1.165) is 12.0 Å². The number of rotatable bonds is 4. The van der Waals surface area contributed by atoms with Crippen LogP contribution in [0.4, 0.5) is 0 Å². The van der Waals surface area contributed by atoms with E-state index in [1.807, 2.05) is 0 Å². The average Bonchev–Trinajstić information content (AvgIpc) is 2.52. The van der Waals surface area contributed by atoms with Gasteiger partial charge >= 0.3 is 0 Å². The highest BCUT2D eigenvalue weighted by Crippen LogP contribution is 2.23. The van der Waals surface area contributed by atoms with Crippen molar-refractivity contribution in [2.24, 2.45) is 5.92 Å². The molecule has 1 N–H and O–H groups in total. The number of carbonyl (C=O) groups is 1. The Morgan fingerprint density at radius 3 is 3.08 bits per heavy atom. The molecule has 1 rings (SSSR count). The van der Waals surface area contributed by atoms with E-state index in [0.29, 0.717) is 5.92 Å². The second kappa shape index (κ2) is 5.32. The molecule has 0 aromatic heterocycles. The number of hydrogen-bond donors (Lipinski definition) is 1. The zero-order chi connectivity index (χ0) is 9.68. The van der Waals surface area contributed by atoms with Gasteiger partial charge in [0.15, 0.2) is 0 Å². The van der Waals surface area contributed by atoms with E-state index in [9.17, 15) is 4.79 Å². The van der Waals surface area contributed by atoms with Crippen LogP contribution in [-0.4, -0.2) is 18.1 Å². The van der Waals surface area contributed by atoms with Gasteiger partial charge < -0.3 is 10.1 Å². The van der Waals surface area contributed by atoms with Crippen molar-refractivity contribution in [3.8, 4) is 0 Å². The Labute approximate surface area is 84.2 Å². The van der Waals surface area contributed by atoms with Crippen LogP contribution in [0.2, 0.25) is 0 Å². The molecule has 2 nitrogen and oxygen atoms in total. The summed E-state index contributed by atoms with van der Waals surface area (Å²) in [5.74, 6) is 1.50. The van der Waals surface area contributed by atoms with Crippen molar-refractivity contribution >= 4 is 18.0 Å². The van der Waals surface area contributed by atoms with Crippen LogP contribution in [0.25, 0.3) is 0 Å². The predicted octanol–water partition coefficient (Wildman–Crippen LogP) is 2.17. The summed E-state index contributed by atoms with van der Waals surface area (Å²) < 4.78 is 0. The number of allylic oxidation sites excluding steroid dienone is 1. The zero-order valence-electron chi connectivity index (χ0n) is 8.25. The van der Waals surface area contributed by atoms with Crippen LogP contribution in [-0.2, 0) is 4.79 Å². The second-order valence-electron chi connectivity index (χ2n) is 3.49. The fourth-order valence-corrected chi connectivity index (χ4v) is 2.50. The smallest absolute Gasteiger partial charge is 0.143 e. The molecule has 0 amide bonds. The third kappa shape index (κ3) is 3.43. The molecular weight excluding hydrogens is 182 g/mol. The first kappa shape index (κ1) is 10.6. The first-order valence-electron chi connectivity index (χ1n) is 4.82. The molecule has 1 saturated heterocycles. The summed E-state index contributed by atoms with van der Waals surface area (Å²) in [7, 11) is 0. The van der Waals surface area contributed by atoms with Crippen LogP contribution >= 0.6 is 11.8 Å². The third-order valence-electron chi connectivity index (χ3n) is 2.09. The molecule has 0 bridgehead atoms. The van der Waals surface area contributed by atoms with Crippen LogP contribution in [0.3, 0.4) is 0 Å². The Kier molecular flexibility index (Phi) is 4.36. The molecule has 0 spiro atoms. The van der Waals surface area contributed by atoms with Crippen molar-refractivity contribution in [2.45, 2.75) is 32.7 Å². The van der Waals surface area contributed by atoms with Gasteiger partial charge in [-0.2, -0.15) is 0 Å². The van der Waals surface area contributed by atoms with Gasteiger partial charge in [0.2, 0.25) is 0 Å². The molecule has 0 aromatic carbocycles. The van der Waals surface area contributed by atoms with E-state index >= 15 is 0 Å². The number of nitrogens with one attached hydrogen (secondary N) is 1. The van der Waals surface area contributed by atoms with Crippen molar-refractivity contribution in [1.82, 2.24) is 5.32 Å². The minimum atomic E-state index is 0.0325. The Hall–Kier alpha value is -0.440. The van der Waals surface area contributed by atoms with Crippen molar-refractivity contribution in [1.29, 1.82) is 0 Å². The van der Waals surface area contributed by atoms with Gasteiger partial charge in [0.1, 0.15) is 6.29 Å². The van der Waals surface area contributed by atoms with Crippen molar-refractivity contribution in [3.63, 3.8) is 0 Å². The summed E-state index contributed by atoms with van der Waals surface area (Å²) in [4.78, 5) is 10.5. The highest BCUT2D eigenvalue weighted by atomic mass is 32.2. The van der Waals surface area contributed by atoms with Gasteiger partial charge in [0, 0.05) is 5.75 Å². The molecule has 74 valence electrons. The zero-order valence-corrected chi connectivity index (χ0v) is 9.06. The van der Waals surface area contributed by atoms with Gasteiger partial charge in [-0.15, -0.1) is 11.8 Å². The van der Waals surface area contributed by atoms with Gasteiger partial charge in [-0.05, 0) is 12.3 Å². The van der Waals surface area contributed by atoms with Crippen LogP contribution in [0.1, 0.15) is 26.7 Å². The standard InChI is InChI=1S/C10H17NOS/c1-3-4-8(2)5-10-11-9(6-12)7-13-10/h5-6,8-9,11H,3-4,7H2,1-2H3/b10-5-. The summed E-state index contributed by atoms with van der Waals surface area (Å²) in [6, 6.07) is 0.0325. The molecule has 1 fully saturated rings. The minimum absolute atomic E-state index is 0.0325. The van der Waals surface area contributed by atoms with E-state index in [4.69, 9.17) is 0 Å². The van der Waals surface area contributed by atoms with Gasteiger partial charge in [-0.25, -0.2) is 0 Å². The van der Waals surface area contributed by atoms with E-state index in [2.05, 4.69) is 25.2 Å². The molecule has 13 heavy (non-hydrogen) atoms. The van der Waals surface area contributed by atoms with Crippen LogP contribution in [0.5, 0.6) is 0 Å². The quantitative estimate of drug-likeness (QED) is 0.704. The molecular formula is C10H17NOS. The molecule has 1 heterocycles. The third-order valence-corrected chi connectivity index (χ3v) is 3.18. The van der Waals surface area contributed by atoms with Gasteiger partial charge in [0.05, 0.1) is 11.1 Å². The van der Waals surface area contributed by atoms with Gasteiger partial charge in [-0.3, -0.25) is 0 Å². The second-order valence-corrected chi connectivity index (χ2v) is 4.56. The van der Waals surface area contributed by atoms with Crippen LogP contribution in [0, 0.1) is 5.92 Å². The number of aldehydes is 1. The molecule has 3 heteroatoms. The maximum atomic E-state index is 10.5. The minimum Gasteiger partial charge on any atom is -0.370 e. The monoisotopic (exact) mass is 199 g/mol. The van der Waals surface area contributed by atoms with Crippen LogP contribution in [0.15, 0.2) is 11.1 Å². The van der Waals surface area contributed by atoms with Crippen molar-refractivity contribution in [2.75, 3.05) is 5.75 Å². The molecule has 2 unspecified atom stereocenters. The number of hydrogen-bond acceptors (Lipinski definition) is 3. The van der Waals surface area contributed by atoms with E-state index in [1.165, 1.54) is 17.9 Å². The highest BCUT2D eigenvalue weighted by Gasteiger charge is 2.17. The van der Waals surface area contributed by atoms with Gasteiger partial charge in [-0.1, -0.05) is 26.3 Å². The average molecular weight is 199 g/mol. The Morgan fingerprint density at radius 1 is 1.77 bits per heavy atom. The fourth-order valence-electron chi connectivity index (χ4n) is 1.41. The largest absolute Gasteiger partial charge is 0.370 e. The Morgan fingerprint density at radius 2 is 2.54 bits per heavy atom. The lowest BCUT2D eigenvalue weighted by molar-refractivity contribution is -0.108. The first-order chi connectivity index (χ1) is 6.26. The number of thioether (sulfide) groups is 1. The highest BCUT2D eigenvalue weighted by molar-refractivity contribution is 8.03. The first-order valence-corrected chi connectivity index (χ1v) is 5.81. The summed E-state index contributed by atoms with van der Waals surface area (Å²) >= 11 is 1.75. The normalized spacial score (nSPS) is 27.2. The molecule has 0 saturated carbocycles. The lowest BCUT2D eigenvalue weighted by Crippen LogP contribution is -2.24. The molecule has 2 atom stereocenters. The predicted molar refractivity (Wildman–Crippen MR) is 57.6 cm³/mol. The molecule has 1 aliphatic heterocycles. The Bertz CT molecular complexity index is 203. The topological polar surface area (TPSA) is 29.1 Å². The summed E-state index contributed by atoms with van der Waals surface area (Å²) in [6.07, 6.45) is 5.65. The SMILES string of the molecule is CCCC(C)/C=C1/NC(C=O)CS1. The van der Waals surface area contributed by atoms with Crippen molar-refractivity contribution in [3.05, 3.63) is 11.1 Å². The van der Waals surface area contributed by atoms with E-state index in [-0.39, 0.29) is 6.04 Å². The fraction of sp³-hybridized carbons (Fsp3) is 0.700. The van der Waals surface area contributed by atoms with E-state index in [1.54, 1.807) is 11.8 Å². The summed E-state index contributed by atoms with van der Waals surface area (Å²) in [5, 5.41) is 4.36. The van der Waals surface area contributed by atoms with Gasteiger partial charge in [0.25, 0.3) is 0 Å². The summed E-state index contributed by atoms with van der Waals surface area (Å²) in [6.45, 7) is 4.41. The summed E-state index contributed by atoms with van der Waals surface area (Å²) in [5.41, 5.74) is 0. The molecule has 0 radical (unpaired) electrons. The lowest BCUT2D eigenvalue weighted by atomic mass is 10.1. The van der Waals surface area contributed by atoms with Crippen LogP contribution < -0.4 is 5.32 Å². The number of carbonyl (C=O) groups excluding carboxylic acids is 1. The van der Waals surface area contributed by atoms with Crippen molar-refractivity contribution < 1.29 is 4.79 Å². The molecule has 0 aromatic rings. The lowest BCUT2D eigenvalue weighted by Gasteiger charge is -2.06. The maximum Gasteiger partial charge on any atom is 0.143 e. The maximum absolute atomic E-state index is 10.5. The van der Waals surface area contributed by atoms with E-state index < -0.39 is 0 Å². The Balaban J connectivity index is 2.39.